The second kappa shape index (κ2) is 13.2. The molecule has 3 saturated heterocycles. The molecule has 3 fully saturated rings. The Morgan fingerprint density at radius 2 is 1.62 bits per heavy atom. The largest absolute Gasteiger partial charge is 0.492 e. The Balaban J connectivity index is 0.000000286. The van der Waals surface area contributed by atoms with Crippen molar-refractivity contribution in [3.8, 4) is 5.75 Å². The van der Waals surface area contributed by atoms with E-state index in [0.29, 0.717) is 24.0 Å². The number of carboxylic acids is 2. The van der Waals surface area contributed by atoms with Gasteiger partial charge in [0.25, 0.3) is 0 Å². The lowest BCUT2D eigenvalue weighted by Gasteiger charge is -2.31. The van der Waals surface area contributed by atoms with E-state index in [1.54, 1.807) is 0 Å². The first kappa shape index (κ1) is 30.6. The molecule has 0 aliphatic carbocycles. The van der Waals surface area contributed by atoms with Crippen LogP contribution in [0.15, 0.2) is 18.3 Å². The number of hydrogen-bond acceptors (Lipinski definition) is 7. The second-order valence-electron chi connectivity index (χ2n) is 8.65. The molecule has 3 aliphatic rings. The summed E-state index contributed by atoms with van der Waals surface area (Å²) in [5.74, 6) is -3.55. The molecular weight excluding hydrogens is 518 g/mol. The first-order chi connectivity index (χ1) is 17.2. The van der Waals surface area contributed by atoms with Crippen molar-refractivity contribution >= 4 is 11.9 Å². The predicted molar refractivity (Wildman–Crippen MR) is 114 cm³/mol. The van der Waals surface area contributed by atoms with Crippen molar-refractivity contribution in [3.05, 3.63) is 24.0 Å². The van der Waals surface area contributed by atoms with Gasteiger partial charge >= 0.3 is 24.3 Å². The number of carboxylic acid groups (broad SMARTS) is 2. The smallest absolute Gasteiger partial charge is 0.490 e. The van der Waals surface area contributed by atoms with E-state index in [0.717, 1.165) is 63.8 Å². The molecule has 1 aromatic heterocycles. The third-order valence-corrected chi connectivity index (χ3v) is 6.01. The predicted octanol–water partition coefficient (Wildman–Crippen LogP) is 3.16. The molecule has 3 atom stereocenters. The van der Waals surface area contributed by atoms with E-state index in [1.807, 2.05) is 25.3 Å². The Bertz CT molecular complexity index is 852. The monoisotopic (exact) mass is 546 g/mol. The molecule has 210 valence electrons. The quantitative estimate of drug-likeness (QED) is 0.549. The number of aliphatic carboxylic acids is 2. The van der Waals surface area contributed by atoms with Crippen molar-refractivity contribution in [2.45, 2.75) is 44.3 Å². The average Bonchev–Trinajstić information content (AvgIpc) is 3.40. The number of pyridine rings is 1. The average molecular weight is 546 g/mol. The second-order valence-corrected chi connectivity index (χ2v) is 8.65. The number of aryl methyl sites for hydroxylation is 1. The van der Waals surface area contributed by atoms with Crippen molar-refractivity contribution in [1.29, 1.82) is 0 Å². The van der Waals surface area contributed by atoms with Crippen molar-refractivity contribution in [2.24, 2.45) is 11.8 Å². The maximum absolute atomic E-state index is 10.6. The number of alkyl halides is 6. The summed E-state index contributed by atoms with van der Waals surface area (Å²) in [6.45, 7) is 7.59. The third-order valence-electron chi connectivity index (χ3n) is 6.01. The van der Waals surface area contributed by atoms with E-state index >= 15 is 0 Å². The van der Waals surface area contributed by atoms with Gasteiger partial charge in [-0.3, -0.25) is 9.88 Å². The summed E-state index contributed by atoms with van der Waals surface area (Å²) in [7, 11) is 0. The van der Waals surface area contributed by atoms with Gasteiger partial charge in [0.05, 0.1) is 25.5 Å². The third kappa shape index (κ3) is 9.97. The molecule has 37 heavy (non-hydrogen) atoms. The van der Waals surface area contributed by atoms with Crippen LogP contribution in [-0.2, 0) is 19.1 Å². The van der Waals surface area contributed by atoms with Crippen molar-refractivity contribution < 1.29 is 60.4 Å². The van der Waals surface area contributed by atoms with Crippen LogP contribution in [0, 0.1) is 18.8 Å². The number of rotatable bonds is 4. The SMILES string of the molecule is Cc1ccc(OC[C@@H]2CO[C@@H]3CN(C4CCOCC4)C[C@H]23)cn1.O=C(O)C(F)(F)F.O=C(O)C(F)(F)F. The Morgan fingerprint density at radius 1 is 1.05 bits per heavy atom. The van der Waals surface area contributed by atoms with Gasteiger partial charge in [-0.15, -0.1) is 0 Å². The lowest BCUT2D eigenvalue weighted by molar-refractivity contribution is -0.193. The van der Waals surface area contributed by atoms with Crippen LogP contribution in [-0.4, -0.2) is 96.1 Å². The molecule has 0 radical (unpaired) electrons. The molecule has 0 amide bonds. The summed E-state index contributed by atoms with van der Waals surface area (Å²) in [6.07, 6.45) is -5.64. The minimum atomic E-state index is -5.08. The van der Waals surface area contributed by atoms with Gasteiger partial charge < -0.3 is 24.4 Å². The van der Waals surface area contributed by atoms with E-state index in [2.05, 4.69) is 9.88 Å². The Labute approximate surface area is 208 Å². The summed E-state index contributed by atoms with van der Waals surface area (Å²) in [5, 5.41) is 14.2. The highest BCUT2D eigenvalue weighted by molar-refractivity contribution is 5.73. The van der Waals surface area contributed by atoms with E-state index in [4.69, 9.17) is 34.0 Å². The van der Waals surface area contributed by atoms with Gasteiger partial charge in [0, 0.05) is 49.9 Å². The van der Waals surface area contributed by atoms with E-state index in [-0.39, 0.29) is 0 Å². The zero-order valence-corrected chi connectivity index (χ0v) is 19.8. The number of nitrogens with zero attached hydrogens (tertiary/aromatic N) is 2. The summed E-state index contributed by atoms with van der Waals surface area (Å²) in [4.78, 5) is 24.7. The van der Waals surface area contributed by atoms with Gasteiger partial charge in [-0.1, -0.05) is 0 Å². The molecule has 4 rings (SSSR count). The molecule has 0 bridgehead atoms. The van der Waals surface area contributed by atoms with Gasteiger partial charge in [-0.25, -0.2) is 9.59 Å². The zero-order chi connectivity index (χ0) is 27.8. The van der Waals surface area contributed by atoms with Crippen LogP contribution in [0.4, 0.5) is 26.3 Å². The first-order valence-electron chi connectivity index (χ1n) is 11.3. The molecule has 0 spiro atoms. The molecule has 4 heterocycles. The van der Waals surface area contributed by atoms with Crippen LogP contribution in [0.25, 0.3) is 0 Å². The highest BCUT2D eigenvalue weighted by atomic mass is 19.4. The fourth-order valence-corrected chi connectivity index (χ4v) is 4.09. The van der Waals surface area contributed by atoms with Crippen LogP contribution < -0.4 is 4.74 Å². The van der Waals surface area contributed by atoms with Gasteiger partial charge in [0.2, 0.25) is 0 Å². The maximum Gasteiger partial charge on any atom is 0.490 e. The summed E-state index contributed by atoms with van der Waals surface area (Å²) in [6, 6.07) is 4.67. The first-order valence-corrected chi connectivity index (χ1v) is 11.3. The summed E-state index contributed by atoms with van der Waals surface area (Å²) >= 11 is 0. The van der Waals surface area contributed by atoms with Crippen molar-refractivity contribution in [2.75, 3.05) is 39.5 Å². The van der Waals surface area contributed by atoms with E-state index in [9.17, 15) is 26.3 Å². The van der Waals surface area contributed by atoms with Crippen LogP contribution in [0.3, 0.4) is 0 Å². The highest BCUT2D eigenvalue weighted by Crippen LogP contribution is 2.36. The zero-order valence-electron chi connectivity index (χ0n) is 19.8. The molecular formula is C22H28F6N2O7. The summed E-state index contributed by atoms with van der Waals surface area (Å²) in [5.41, 5.74) is 1.02. The Morgan fingerprint density at radius 3 is 2.11 bits per heavy atom. The van der Waals surface area contributed by atoms with Gasteiger partial charge in [-0.05, 0) is 31.9 Å². The topological polar surface area (TPSA) is 118 Å². The van der Waals surface area contributed by atoms with Crippen LogP contribution in [0.5, 0.6) is 5.75 Å². The number of fused-ring (bicyclic) bond motifs is 1. The number of likely N-dealkylation sites (tertiary alicyclic amines) is 1. The van der Waals surface area contributed by atoms with E-state index in [1.165, 1.54) is 0 Å². The molecule has 0 aromatic carbocycles. The Hall–Kier alpha value is -2.65. The molecule has 0 saturated carbocycles. The minimum Gasteiger partial charge on any atom is -0.492 e. The fraction of sp³-hybridized carbons (Fsp3) is 0.682. The number of halogens is 6. The number of carbonyl (C=O) groups is 2. The van der Waals surface area contributed by atoms with Gasteiger partial charge in [0.1, 0.15) is 5.75 Å². The summed E-state index contributed by atoms with van der Waals surface area (Å²) < 4.78 is 81.0. The van der Waals surface area contributed by atoms with Gasteiger partial charge in [0.15, 0.2) is 0 Å². The Kier molecular flexibility index (Phi) is 10.9. The van der Waals surface area contributed by atoms with Crippen LogP contribution in [0.1, 0.15) is 18.5 Å². The lowest BCUT2D eigenvalue weighted by Crippen LogP contribution is -2.39. The van der Waals surface area contributed by atoms with E-state index < -0.39 is 24.3 Å². The normalized spacial score (nSPS) is 24.2. The molecule has 3 aliphatic heterocycles. The number of ether oxygens (including phenoxy) is 3. The standard InChI is InChI=1S/C18H26N2O3.2C2HF3O2/c1-13-2-3-16(8-19-13)22-11-14-12-23-18-10-20(9-17(14)18)15-4-6-21-7-5-15;2*3-2(4,5)1(6)7/h2-3,8,14-15,17-18H,4-7,9-12H2,1H3;2*(H,6,7)/t14-,17-,18-;;/m1../s1. The minimum absolute atomic E-state index is 0.391. The molecule has 9 nitrogen and oxygen atoms in total. The number of hydrogen-bond donors (Lipinski definition) is 2. The highest BCUT2D eigenvalue weighted by Gasteiger charge is 2.45. The maximum atomic E-state index is 10.6. The van der Waals surface area contributed by atoms with Crippen LogP contribution >= 0.6 is 0 Å². The molecule has 15 heteroatoms. The van der Waals surface area contributed by atoms with Crippen molar-refractivity contribution in [1.82, 2.24) is 9.88 Å². The van der Waals surface area contributed by atoms with Gasteiger partial charge in [-0.2, -0.15) is 26.3 Å². The molecule has 2 N–H and O–H groups in total. The molecule has 1 aromatic rings. The number of aromatic nitrogens is 1. The van der Waals surface area contributed by atoms with Crippen LogP contribution in [0.2, 0.25) is 0 Å². The molecule has 0 unspecified atom stereocenters. The lowest BCUT2D eigenvalue weighted by atomic mass is 9.94. The van der Waals surface area contributed by atoms with Crippen molar-refractivity contribution in [3.63, 3.8) is 0 Å². The fourth-order valence-electron chi connectivity index (χ4n) is 4.09.